The first kappa shape index (κ1) is 15.6. The van der Waals surface area contributed by atoms with Crippen LogP contribution in [-0.2, 0) is 4.79 Å². The Bertz CT molecular complexity index is 552. The lowest BCUT2D eigenvalue weighted by Gasteiger charge is -2.29. The zero-order valence-corrected chi connectivity index (χ0v) is 12.4. The Morgan fingerprint density at radius 3 is 2.33 bits per heavy atom. The summed E-state index contributed by atoms with van der Waals surface area (Å²) in [6.07, 6.45) is 4.51. The number of carboxylic acids is 1. The van der Waals surface area contributed by atoms with E-state index >= 15 is 0 Å². The molecule has 1 aliphatic carbocycles. The Morgan fingerprint density at radius 2 is 1.81 bits per heavy atom. The minimum Gasteiger partial charge on any atom is -0.480 e. The first-order valence-electron chi connectivity index (χ1n) is 7.05. The number of carbonyl (C=O) groups is 2. The van der Waals surface area contributed by atoms with Crippen LogP contribution in [0.15, 0.2) is 18.2 Å². The molecule has 1 aromatic rings. The van der Waals surface area contributed by atoms with Gasteiger partial charge in [0.05, 0.1) is 10.7 Å². The molecule has 0 atom stereocenters. The molecule has 0 spiro atoms. The molecule has 5 nitrogen and oxygen atoms in total. The lowest BCUT2D eigenvalue weighted by molar-refractivity contribution is -0.145. The van der Waals surface area contributed by atoms with E-state index in [9.17, 15) is 14.7 Å². The second-order valence-corrected chi connectivity index (χ2v) is 5.90. The fourth-order valence-corrected chi connectivity index (χ4v) is 2.82. The Labute approximate surface area is 128 Å². The zero-order chi connectivity index (χ0) is 15.5. The van der Waals surface area contributed by atoms with Crippen LogP contribution in [0.25, 0.3) is 0 Å². The maximum Gasteiger partial charge on any atom is 0.329 e. The van der Waals surface area contributed by atoms with Crippen molar-refractivity contribution < 1.29 is 14.7 Å². The van der Waals surface area contributed by atoms with Crippen LogP contribution >= 0.6 is 11.6 Å². The van der Waals surface area contributed by atoms with Crippen molar-refractivity contribution >= 4 is 29.2 Å². The Kier molecular flexibility index (Phi) is 4.73. The van der Waals surface area contributed by atoms with Gasteiger partial charge in [0.15, 0.2) is 0 Å². The van der Waals surface area contributed by atoms with Gasteiger partial charge in [0.2, 0.25) is 0 Å². The van der Waals surface area contributed by atoms with Gasteiger partial charge in [-0.15, -0.1) is 0 Å². The van der Waals surface area contributed by atoms with E-state index in [1.807, 2.05) is 0 Å². The van der Waals surface area contributed by atoms with E-state index in [0.29, 0.717) is 29.1 Å². The van der Waals surface area contributed by atoms with Crippen LogP contribution < -0.4 is 11.1 Å². The molecule has 6 heteroatoms. The molecule has 1 aliphatic rings. The molecule has 0 radical (unpaired) electrons. The molecule has 0 bridgehead atoms. The van der Waals surface area contributed by atoms with E-state index < -0.39 is 17.4 Å². The number of hydrogen-bond donors (Lipinski definition) is 3. The van der Waals surface area contributed by atoms with Gasteiger partial charge in [0.25, 0.3) is 5.91 Å². The van der Waals surface area contributed by atoms with Crippen LogP contribution in [0, 0.1) is 0 Å². The third-order valence-corrected chi connectivity index (χ3v) is 4.32. The van der Waals surface area contributed by atoms with Gasteiger partial charge in [-0.3, -0.25) is 4.79 Å². The predicted molar refractivity (Wildman–Crippen MR) is 81.4 cm³/mol. The predicted octanol–water partition coefficient (Wildman–Crippen LogP) is 2.83. The average Bonchev–Trinajstić information content (AvgIpc) is 2.68. The number of aliphatic carboxylic acids is 1. The number of anilines is 1. The van der Waals surface area contributed by atoms with E-state index in [1.54, 1.807) is 6.07 Å². The average molecular weight is 311 g/mol. The summed E-state index contributed by atoms with van der Waals surface area (Å²) in [7, 11) is 0. The van der Waals surface area contributed by atoms with Crippen molar-refractivity contribution in [3.8, 4) is 0 Å². The molecule has 0 aliphatic heterocycles. The molecular weight excluding hydrogens is 292 g/mol. The number of nitrogen functional groups attached to an aromatic ring is 1. The normalized spacial score (nSPS) is 17.8. The Hall–Kier alpha value is -1.75. The third-order valence-electron chi connectivity index (χ3n) is 3.98. The van der Waals surface area contributed by atoms with Crippen molar-refractivity contribution in [2.45, 2.75) is 44.1 Å². The summed E-state index contributed by atoms with van der Waals surface area (Å²) in [6.45, 7) is 0. The molecule has 114 valence electrons. The van der Waals surface area contributed by atoms with Crippen molar-refractivity contribution in [3.05, 3.63) is 28.8 Å². The van der Waals surface area contributed by atoms with Gasteiger partial charge in [-0.2, -0.15) is 0 Å². The molecule has 0 heterocycles. The monoisotopic (exact) mass is 310 g/mol. The summed E-state index contributed by atoms with van der Waals surface area (Å²) >= 11 is 5.83. The number of halogens is 1. The number of nitrogens with one attached hydrogen (secondary N) is 1. The lowest BCUT2D eigenvalue weighted by Crippen LogP contribution is -2.54. The Balaban J connectivity index is 2.21. The van der Waals surface area contributed by atoms with Crippen LogP contribution in [0.3, 0.4) is 0 Å². The lowest BCUT2D eigenvalue weighted by atomic mass is 9.90. The highest BCUT2D eigenvalue weighted by molar-refractivity contribution is 6.33. The quantitative estimate of drug-likeness (QED) is 0.591. The summed E-state index contributed by atoms with van der Waals surface area (Å²) in [5.41, 5.74) is 5.12. The molecular formula is C15H19ClN2O3. The summed E-state index contributed by atoms with van der Waals surface area (Å²) in [5, 5.41) is 12.6. The van der Waals surface area contributed by atoms with Gasteiger partial charge in [-0.1, -0.05) is 37.3 Å². The molecule has 1 fully saturated rings. The molecule has 2 rings (SSSR count). The fourth-order valence-electron chi connectivity index (χ4n) is 2.70. The molecule has 4 N–H and O–H groups in total. The van der Waals surface area contributed by atoms with E-state index in [2.05, 4.69) is 5.32 Å². The van der Waals surface area contributed by atoms with Gasteiger partial charge in [0, 0.05) is 5.56 Å². The number of amides is 1. The van der Waals surface area contributed by atoms with Crippen molar-refractivity contribution in [3.63, 3.8) is 0 Å². The van der Waals surface area contributed by atoms with Crippen LogP contribution in [0.4, 0.5) is 5.69 Å². The first-order chi connectivity index (χ1) is 9.94. The Morgan fingerprint density at radius 1 is 1.19 bits per heavy atom. The molecule has 0 saturated heterocycles. The minimum absolute atomic E-state index is 0.301. The van der Waals surface area contributed by atoms with E-state index in [-0.39, 0.29) is 0 Å². The first-order valence-corrected chi connectivity index (χ1v) is 7.43. The van der Waals surface area contributed by atoms with Gasteiger partial charge < -0.3 is 16.2 Å². The largest absolute Gasteiger partial charge is 0.480 e. The van der Waals surface area contributed by atoms with Crippen molar-refractivity contribution in [2.24, 2.45) is 0 Å². The number of nitrogens with two attached hydrogens (primary N) is 1. The molecule has 1 saturated carbocycles. The summed E-state index contributed by atoms with van der Waals surface area (Å²) in [6, 6.07) is 4.54. The van der Waals surface area contributed by atoms with Crippen molar-refractivity contribution in [2.75, 3.05) is 5.73 Å². The topological polar surface area (TPSA) is 92.4 Å². The van der Waals surface area contributed by atoms with E-state index in [4.69, 9.17) is 17.3 Å². The number of carboxylic acid groups (broad SMARTS) is 1. The smallest absolute Gasteiger partial charge is 0.329 e. The minimum atomic E-state index is -1.18. The summed E-state index contributed by atoms with van der Waals surface area (Å²) in [4.78, 5) is 24.0. The van der Waals surface area contributed by atoms with Gasteiger partial charge >= 0.3 is 5.97 Å². The molecule has 21 heavy (non-hydrogen) atoms. The van der Waals surface area contributed by atoms with Gasteiger partial charge in [-0.05, 0) is 31.0 Å². The molecule has 1 aromatic carbocycles. The van der Waals surface area contributed by atoms with Crippen molar-refractivity contribution in [1.29, 1.82) is 0 Å². The third kappa shape index (κ3) is 3.47. The highest BCUT2D eigenvalue weighted by atomic mass is 35.5. The highest BCUT2D eigenvalue weighted by Crippen LogP contribution is 2.28. The number of benzene rings is 1. The SMILES string of the molecule is Nc1cc(C(=O)NC2(C(=O)O)CCCCCC2)ccc1Cl. The van der Waals surface area contributed by atoms with Gasteiger partial charge in [0.1, 0.15) is 5.54 Å². The maximum atomic E-state index is 12.3. The molecule has 1 amide bonds. The van der Waals surface area contributed by atoms with Crippen LogP contribution in [-0.4, -0.2) is 22.5 Å². The van der Waals surface area contributed by atoms with Crippen LogP contribution in [0.2, 0.25) is 5.02 Å². The fraction of sp³-hybridized carbons (Fsp3) is 0.467. The van der Waals surface area contributed by atoms with Crippen LogP contribution in [0.5, 0.6) is 0 Å². The number of rotatable bonds is 3. The van der Waals surface area contributed by atoms with Crippen molar-refractivity contribution in [1.82, 2.24) is 5.32 Å². The van der Waals surface area contributed by atoms with Gasteiger partial charge in [-0.25, -0.2) is 4.79 Å². The van der Waals surface area contributed by atoms with E-state index in [1.165, 1.54) is 12.1 Å². The number of hydrogen-bond acceptors (Lipinski definition) is 3. The highest BCUT2D eigenvalue weighted by Gasteiger charge is 2.40. The standard InChI is InChI=1S/C15H19ClN2O3/c16-11-6-5-10(9-12(11)17)13(19)18-15(14(20)21)7-3-1-2-4-8-15/h5-6,9H,1-4,7-8,17H2,(H,18,19)(H,20,21). The maximum absolute atomic E-state index is 12.3. The molecule has 0 unspecified atom stereocenters. The van der Waals surface area contributed by atoms with Crippen LogP contribution in [0.1, 0.15) is 48.9 Å². The van der Waals surface area contributed by atoms with E-state index in [0.717, 1.165) is 25.7 Å². The summed E-state index contributed by atoms with van der Waals surface area (Å²) < 4.78 is 0. The summed E-state index contributed by atoms with van der Waals surface area (Å²) in [5.74, 6) is -1.40. The molecule has 0 aromatic heterocycles. The second-order valence-electron chi connectivity index (χ2n) is 5.49. The number of carbonyl (C=O) groups excluding carboxylic acids is 1. The zero-order valence-electron chi connectivity index (χ0n) is 11.7. The second kappa shape index (κ2) is 6.35.